The molecule has 0 spiro atoms. The summed E-state index contributed by atoms with van der Waals surface area (Å²) >= 11 is 0. The third-order valence-corrected chi connectivity index (χ3v) is 3.80. The van der Waals surface area contributed by atoms with Crippen LogP contribution in [0.2, 0.25) is 0 Å². The number of carbonyl (C=O) groups is 1. The van der Waals surface area contributed by atoms with Crippen molar-refractivity contribution in [3.05, 3.63) is 41.8 Å². The van der Waals surface area contributed by atoms with Gasteiger partial charge in [0.25, 0.3) is 5.91 Å². The van der Waals surface area contributed by atoms with Gasteiger partial charge in [-0.15, -0.1) is 0 Å². The fraction of sp³-hybridized carbons (Fsp3) is 0.333. The van der Waals surface area contributed by atoms with E-state index >= 15 is 0 Å². The van der Waals surface area contributed by atoms with Crippen molar-refractivity contribution in [3.63, 3.8) is 0 Å². The Bertz CT molecular complexity index is 668. The average molecular weight is 274 g/mol. The van der Waals surface area contributed by atoms with Gasteiger partial charge in [0.05, 0.1) is 12.1 Å². The van der Waals surface area contributed by atoms with Gasteiger partial charge in [0.1, 0.15) is 11.5 Å². The Morgan fingerprint density at radius 3 is 2.85 bits per heavy atom. The van der Waals surface area contributed by atoms with E-state index in [0.29, 0.717) is 23.1 Å². The Kier molecular flexibility index (Phi) is 3.14. The zero-order valence-electron chi connectivity index (χ0n) is 10.9. The number of nitrogens with one attached hydrogen (secondary N) is 1. The number of fused-ring (bicyclic) bond motifs is 1. The number of nitrogens with zero attached hydrogens (tertiary/aromatic N) is 1. The van der Waals surface area contributed by atoms with Gasteiger partial charge in [-0.25, -0.2) is 9.37 Å². The maximum atomic E-state index is 13.1. The molecule has 1 aliphatic carbocycles. The summed E-state index contributed by atoms with van der Waals surface area (Å²) < 4.78 is 13.1. The number of hydrogen-bond acceptors (Lipinski definition) is 3. The van der Waals surface area contributed by atoms with Crippen molar-refractivity contribution in [2.24, 2.45) is 5.41 Å². The molecule has 1 amide bonds. The first-order chi connectivity index (χ1) is 9.62. The van der Waals surface area contributed by atoms with Gasteiger partial charge in [0.2, 0.25) is 0 Å². The van der Waals surface area contributed by atoms with Gasteiger partial charge in [-0.3, -0.25) is 4.79 Å². The van der Waals surface area contributed by atoms with E-state index in [9.17, 15) is 14.3 Å². The molecule has 1 saturated carbocycles. The van der Waals surface area contributed by atoms with Crippen LogP contribution >= 0.6 is 0 Å². The average Bonchev–Trinajstić information content (AvgIpc) is 3.25. The summed E-state index contributed by atoms with van der Waals surface area (Å²) in [6, 6.07) is 7.52. The number of pyridine rings is 1. The summed E-state index contributed by atoms with van der Waals surface area (Å²) in [4.78, 5) is 16.2. The van der Waals surface area contributed by atoms with Crippen LogP contribution in [-0.4, -0.2) is 29.1 Å². The van der Waals surface area contributed by atoms with Crippen LogP contribution in [0.25, 0.3) is 10.9 Å². The molecule has 2 N–H and O–H groups in total. The summed E-state index contributed by atoms with van der Waals surface area (Å²) in [6.07, 6.45) is 1.88. The summed E-state index contributed by atoms with van der Waals surface area (Å²) in [6.45, 7) is 0.559. The van der Waals surface area contributed by atoms with Crippen molar-refractivity contribution < 1.29 is 14.3 Å². The van der Waals surface area contributed by atoms with Gasteiger partial charge in [0, 0.05) is 17.3 Å². The van der Waals surface area contributed by atoms with Gasteiger partial charge in [-0.05, 0) is 37.1 Å². The molecular weight excluding hydrogens is 259 g/mol. The van der Waals surface area contributed by atoms with Crippen LogP contribution in [0.4, 0.5) is 4.39 Å². The Hall–Kier alpha value is -2.01. The number of amides is 1. The van der Waals surface area contributed by atoms with E-state index in [1.807, 2.05) is 0 Å². The van der Waals surface area contributed by atoms with Crippen LogP contribution < -0.4 is 5.32 Å². The van der Waals surface area contributed by atoms with Gasteiger partial charge >= 0.3 is 0 Å². The predicted octanol–water partition coefficient (Wildman–Crippen LogP) is 1.88. The van der Waals surface area contributed by atoms with Gasteiger partial charge in [-0.1, -0.05) is 6.07 Å². The first kappa shape index (κ1) is 13.0. The Balaban J connectivity index is 1.76. The Morgan fingerprint density at radius 2 is 2.15 bits per heavy atom. The number of benzene rings is 1. The number of aliphatic hydroxyl groups is 1. The maximum Gasteiger partial charge on any atom is 0.269 e. The van der Waals surface area contributed by atoms with Crippen LogP contribution in [0, 0.1) is 11.2 Å². The molecule has 0 unspecified atom stereocenters. The van der Waals surface area contributed by atoms with Gasteiger partial charge in [0.15, 0.2) is 0 Å². The van der Waals surface area contributed by atoms with Crippen LogP contribution in [0.15, 0.2) is 30.3 Å². The number of carbonyl (C=O) groups excluding carboxylic acids is 1. The van der Waals surface area contributed by atoms with E-state index in [4.69, 9.17) is 0 Å². The van der Waals surface area contributed by atoms with E-state index in [-0.39, 0.29) is 23.7 Å². The highest BCUT2D eigenvalue weighted by Crippen LogP contribution is 2.44. The SMILES string of the molecule is O=C(NCC1(CO)CC1)c1ccc2cc(F)ccc2n1. The maximum absolute atomic E-state index is 13.1. The van der Waals surface area contributed by atoms with Crippen molar-refractivity contribution in [3.8, 4) is 0 Å². The predicted molar refractivity (Wildman–Crippen MR) is 72.8 cm³/mol. The van der Waals surface area contributed by atoms with Crippen molar-refractivity contribution >= 4 is 16.8 Å². The number of aliphatic hydroxyl groups excluding tert-OH is 1. The minimum Gasteiger partial charge on any atom is -0.396 e. The number of aromatic nitrogens is 1. The van der Waals surface area contributed by atoms with Crippen LogP contribution in [0.3, 0.4) is 0 Å². The van der Waals surface area contributed by atoms with E-state index < -0.39 is 0 Å². The van der Waals surface area contributed by atoms with E-state index in [1.165, 1.54) is 12.1 Å². The number of hydrogen-bond donors (Lipinski definition) is 2. The highest BCUT2D eigenvalue weighted by Gasteiger charge is 2.42. The second-order valence-corrected chi connectivity index (χ2v) is 5.37. The molecule has 1 aliphatic rings. The summed E-state index contributed by atoms with van der Waals surface area (Å²) in [5, 5.41) is 12.7. The van der Waals surface area contributed by atoms with Crippen LogP contribution in [0.5, 0.6) is 0 Å². The molecule has 1 fully saturated rings. The Morgan fingerprint density at radius 1 is 1.35 bits per heavy atom. The Labute approximate surface area is 115 Å². The minimum atomic E-state index is -0.324. The zero-order chi connectivity index (χ0) is 14.2. The lowest BCUT2D eigenvalue weighted by Gasteiger charge is -2.12. The second-order valence-electron chi connectivity index (χ2n) is 5.37. The molecule has 104 valence electrons. The van der Waals surface area contributed by atoms with E-state index in [1.54, 1.807) is 18.2 Å². The quantitative estimate of drug-likeness (QED) is 0.894. The molecule has 3 rings (SSSR count). The monoisotopic (exact) mass is 274 g/mol. The largest absolute Gasteiger partial charge is 0.396 e. The first-order valence-electron chi connectivity index (χ1n) is 6.57. The molecule has 1 heterocycles. The van der Waals surface area contributed by atoms with Gasteiger partial charge in [-0.2, -0.15) is 0 Å². The third-order valence-electron chi connectivity index (χ3n) is 3.80. The highest BCUT2D eigenvalue weighted by molar-refractivity contribution is 5.94. The number of rotatable bonds is 4. The molecule has 1 aromatic heterocycles. The topological polar surface area (TPSA) is 62.2 Å². The van der Waals surface area contributed by atoms with Crippen LogP contribution in [-0.2, 0) is 0 Å². The molecular formula is C15H15FN2O2. The smallest absolute Gasteiger partial charge is 0.269 e. The van der Waals surface area contributed by atoms with Crippen molar-refractivity contribution in [2.75, 3.05) is 13.2 Å². The molecule has 0 radical (unpaired) electrons. The minimum absolute atomic E-state index is 0.0949. The molecule has 0 aliphatic heterocycles. The standard InChI is InChI=1S/C15H15FN2O2/c16-11-2-4-12-10(7-11)1-3-13(18-12)14(20)17-8-15(9-19)5-6-15/h1-4,7,19H,5-6,8-9H2,(H,17,20). The van der Waals surface area contributed by atoms with Crippen LogP contribution in [0.1, 0.15) is 23.3 Å². The molecule has 5 heteroatoms. The normalized spacial score (nSPS) is 16.1. The summed E-state index contributed by atoms with van der Waals surface area (Å²) in [5.74, 6) is -0.592. The first-order valence-corrected chi connectivity index (χ1v) is 6.57. The van der Waals surface area contributed by atoms with E-state index in [0.717, 1.165) is 12.8 Å². The highest BCUT2D eigenvalue weighted by atomic mass is 19.1. The molecule has 20 heavy (non-hydrogen) atoms. The molecule has 0 saturated heterocycles. The molecule has 4 nitrogen and oxygen atoms in total. The second kappa shape index (κ2) is 4.83. The third kappa shape index (κ3) is 2.49. The number of halogens is 1. The lowest BCUT2D eigenvalue weighted by Crippen LogP contribution is -2.32. The van der Waals surface area contributed by atoms with Crippen molar-refractivity contribution in [1.82, 2.24) is 10.3 Å². The zero-order valence-corrected chi connectivity index (χ0v) is 10.9. The van der Waals surface area contributed by atoms with Crippen molar-refractivity contribution in [2.45, 2.75) is 12.8 Å². The molecule has 1 aromatic carbocycles. The fourth-order valence-electron chi connectivity index (χ4n) is 2.15. The summed E-state index contributed by atoms with van der Waals surface area (Å²) in [5.41, 5.74) is 0.760. The van der Waals surface area contributed by atoms with Gasteiger partial charge < -0.3 is 10.4 Å². The lowest BCUT2D eigenvalue weighted by atomic mass is 10.1. The molecule has 0 bridgehead atoms. The van der Waals surface area contributed by atoms with E-state index in [2.05, 4.69) is 10.3 Å². The fourth-order valence-corrected chi connectivity index (χ4v) is 2.15. The lowest BCUT2D eigenvalue weighted by molar-refractivity contribution is 0.0930. The van der Waals surface area contributed by atoms with Crippen molar-refractivity contribution in [1.29, 1.82) is 0 Å². The molecule has 0 atom stereocenters. The molecule has 2 aromatic rings. The summed E-state index contributed by atoms with van der Waals surface area (Å²) in [7, 11) is 0.